The van der Waals surface area contributed by atoms with Gasteiger partial charge in [0.05, 0.1) is 25.4 Å². The Balaban J connectivity index is 2.24. The molecular formula is C40H73NO8. The van der Waals surface area contributed by atoms with Gasteiger partial charge in [-0.25, -0.2) is 0 Å². The van der Waals surface area contributed by atoms with Gasteiger partial charge in [0.15, 0.2) is 6.29 Å². The van der Waals surface area contributed by atoms with Crippen LogP contribution in [0.2, 0.25) is 0 Å². The van der Waals surface area contributed by atoms with E-state index in [0.29, 0.717) is 6.42 Å². The predicted molar refractivity (Wildman–Crippen MR) is 198 cm³/mol. The number of aliphatic hydroxyl groups excluding tert-OH is 5. The lowest BCUT2D eigenvalue weighted by Gasteiger charge is -2.40. The zero-order valence-corrected chi connectivity index (χ0v) is 30.9. The highest BCUT2D eigenvalue weighted by Crippen LogP contribution is 2.22. The Morgan fingerprint density at radius 1 is 0.694 bits per heavy atom. The number of aliphatic hydroxyl groups is 5. The lowest BCUT2D eigenvalue weighted by Crippen LogP contribution is -2.60. The molecule has 0 radical (unpaired) electrons. The SMILES string of the molecule is CCCCC/C=C/C(O)C(COC1OC(CO)C(O)C(O)C1O)NC(=O)CCCCCCCCCCC/C=C\C/C=C\CCCCCCC. The third-order valence-corrected chi connectivity index (χ3v) is 9.21. The van der Waals surface area contributed by atoms with Gasteiger partial charge in [0.2, 0.25) is 5.91 Å². The summed E-state index contributed by atoms with van der Waals surface area (Å²) in [6.07, 6.45) is 29.5. The lowest BCUT2D eigenvalue weighted by molar-refractivity contribution is -0.302. The quantitative estimate of drug-likeness (QED) is 0.0338. The van der Waals surface area contributed by atoms with Gasteiger partial charge in [0, 0.05) is 6.42 Å². The standard InChI is InChI=1S/C40H73NO8/c1-3-5-7-9-10-11-12-13-14-15-16-17-18-19-20-21-22-23-24-26-28-30-36(44)41-33(34(43)29-27-25-8-6-4-2)32-48-40-39(47)38(46)37(45)35(31-42)49-40/h12-13,15-16,27,29,33-35,37-40,42-43,45-47H,3-11,14,17-26,28,30-32H2,1-2H3,(H,41,44)/b13-12-,16-15-,29-27+. The fraction of sp³-hybridized carbons (Fsp3) is 0.825. The van der Waals surface area contributed by atoms with E-state index in [9.17, 15) is 30.3 Å². The Labute approximate surface area is 298 Å². The molecule has 49 heavy (non-hydrogen) atoms. The van der Waals surface area contributed by atoms with Gasteiger partial charge in [-0.15, -0.1) is 0 Å². The Kier molecular flexibility index (Phi) is 28.9. The van der Waals surface area contributed by atoms with E-state index in [1.54, 1.807) is 6.08 Å². The van der Waals surface area contributed by atoms with Crippen LogP contribution in [-0.2, 0) is 14.3 Å². The van der Waals surface area contributed by atoms with E-state index < -0.39 is 49.5 Å². The highest BCUT2D eigenvalue weighted by molar-refractivity contribution is 5.76. The zero-order chi connectivity index (χ0) is 36.0. The molecule has 0 bridgehead atoms. The molecule has 286 valence electrons. The summed E-state index contributed by atoms with van der Waals surface area (Å²) in [5.74, 6) is -0.191. The van der Waals surface area contributed by atoms with Gasteiger partial charge in [0.1, 0.15) is 24.4 Å². The fourth-order valence-electron chi connectivity index (χ4n) is 5.95. The van der Waals surface area contributed by atoms with Crippen LogP contribution in [0.25, 0.3) is 0 Å². The smallest absolute Gasteiger partial charge is 0.220 e. The minimum Gasteiger partial charge on any atom is -0.394 e. The van der Waals surface area contributed by atoms with E-state index in [2.05, 4.69) is 43.5 Å². The van der Waals surface area contributed by atoms with Crippen LogP contribution in [-0.4, -0.2) is 87.5 Å². The molecule has 1 aliphatic rings. The van der Waals surface area contributed by atoms with Gasteiger partial charge in [-0.3, -0.25) is 4.79 Å². The molecule has 0 saturated carbocycles. The second-order valence-electron chi connectivity index (χ2n) is 13.7. The first-order chi connectivity index (χ1) is 23.8. The van der Waals surface area contributed by atoms with Crippen LogP contribution >= 0.6 is 0 Å². The van der Waals surface area contributed by atoms with Crippen molar-refractivity contribution < 1.29 is 39.8 Å². The molecule has 0 aromatic heterocycles. The second-order valence-corrected chi connectivity index (χ2v) is 13.7. The Morgan fingerprint density at radius 3 is 1.80 bits per heavy atom. The summed E-state index contributed by atoms with van der Waals surface area (Å²) >= 11 is 0. The summed E-state index contributed by atoms with van der Waals surface area (Å²) in [5.41, 5.74) is 0. The molecule has 0 spiro atoms. The van der Waals surface area contributed by atoms with Crippen LogP contribution in [0, 0.1) is 0 Å². The van der Waals surface area contributed by atoms with Crippen molar-refractivity contribution in [3.05, 3.63) is 36.5 Å². The third-order valence-electron chi connectivity index (χ3n) is 9.21. The normalized spacial score (nSPS) is 22.8. The first kappa shape index (κ1) is 45.4. The number of nitrogens with one attached hydrogen (secondary N) is 1. The average molecular weight is 696 g/mol. The second kappa shape index (κ2) is 31.2. The van der Waals surface area contributed by atoms with Crippen molar-refractivity contribution in [2.45, 2.75) is 198 Å². The minimum atomic E-state index is -1.56. The maximum Gasteiger partial charge on any atom is 0.220 e. The van der Waals surface area contributed by atoms with Crippen LogP contribution in [0.3, 0.4) is 0 Å². The molecule has 0 aromatic rings. The van der Waals surface area contributed by atoms with Gasteiger partial charge in [-0.2, -0.15) is 0 Å². The summed E-state index contributed by atoms with van der Waals surface area (Å²) in [6, 6.07) is -0.801. The van der Waals surface area contributed by atoms with Crippen molar-refractivity contribution in [2.24, 2.45) is 0 Å². The van der Waals surface area contributed by atoms with Crippen molar-refractivity contribution in [1.29, 1.82) is 0 Å². The van der Waals surface area contributed by atoms with Crippen LogP contribution in [0.5, 0.6) is 0 Å². The summed E-state index contributed by atoms with van der Waals surface area (Å²) in [4.78, 5) is 12.8. The number of hydrogen-bond acceptors (Lipinski definition) is 8. The van der Waals surface area contributed by atoms with Crippen molar-refractivity contribution in [3.8, 4) is 0 Å². The van der Waals surface area contributed by atoms with Crippen molar-refractivity contribution in [1.82, 2.24) is 5.32 Å². The van der Waals surface area contributed by atoms with Gasteiger partial charge < -0.3 is 40.3 Å². The Bertz CT molecular complexity index is 863. The molecule has 1 amide bonds. The number of hydrogen-bond donors (Lipinski definition) is 6. The molecule has 7 atom stereocenters. The molecule has 1 fully saturated rings. The zero-order valence-electron chi connectivity index (χ0n) is 30.9. The molecular weight excluding hydrogens is 622 g/mol. The maximum atomic E-state index is 12.8. The largest absolute Gasteiger partial charge is 0.394 e. The van der Waals surface area contributed by atoms with E-state index in [1.165, 1.54) is 83.5 Å². The van der Waals surface area contributed by atoms with Crippen LogP contribution < -0.4 is 5.32 Å². The number of carbonyl (C=O) groups is 1. The van der Waals surface area contributed by atoms with Gasteiger partial charge in [-0.1, -0.05) is 134 Å². The summed E-state index contributed by atoms with van der Waals surface area (Å²) in [6.45, 7) is 3.62. The molecule has 6 N–H and O–H groups in total. The number of unbranched alkanes of at least 4 members (excludes halogenated alkanes) is 17. The molecule has 9 heteroatoms. The molecule has 1 heterocycles. The lowest BCUT2D eigenvalue weighted by atomic mass is 9.99. The van der Waals surface area contributed by atoms with Crippen LogP contribution in [0.15, 0.2) is 36.5 Å². The first-order valence-corrected chi connectivity index (χ1v) is 19.7. The third kappa shape index (κ3) is 22.8. The number of ether oxygens (including phenoxy) is 2. The minimum absolute atomic E-state index is 0.191. The maximum absolute atomic E-state index is 12.8. The average Bonchev–Trinajstić information content (AvgIpc) is 3.10. The van der Waals surface area contributed by atoms with Gasteiger partial charge in [-0.05, 0) is 51.4 Å². The molecule has 1 rings (SSSR count). The molecule has 0 aromatic carbocycles. The molecule has 1 saturated heterocycles. The topological polar surface area (TPSA) is 149 Å². The van der Waals surface area contributed by atoms with E-state index in [4.69, 9.17) is 9.47 Å². The number of carbonyl (C=O) groups excluding carboxylic acids is 1. The van der Waals surface area contributed by atoms with Crippen molar-refractivity contribution in [3.63, 3.8) is 0 Å². The van der Waals surface area contributed by atoms with Gasteiger partial charge in [0.25, 0.3) is 0 Å². The summed E-state index contributed by atoms with van der Waals surface area (Å²) in [5, 5.41) is 53.5. The van der Waals surface area contributed by atoms with Crippen molar-refractivity contribution >= 4 is 5.91 Å². The van der Waals surface area contributed by atoms with Crippen LogP contribution in [0.1, 0.15) is 155 Å². The molecule has 0 aliphatic carbocycles. The highest BCUT2D eigenvalue weighted by Gasteiger charge is 2.44. The number of amides is 1. The molecule has 7 unspecified atom stereocenters. The van der Waals surface area contributed by atoms with E-state index in [0.717, 1.165) is 51.4 Å². The number of rotatable bonds is 31. The summed E-state index contributed by atoms with van der Waals surface area (Å²) in [7, 11) is 0. The predicted octanol–water partition coefficient (Wildman–Crippen LogP) is 6.94. The highest BCUT2D eigenvalue weighted by atomic mass is 16.7. The van der Waals surface area contributed by atoms with Crippen LogP contribution in [0.4, 0.5) is 0 Å². The monoisotopic (exact) mass is 696 g/mol. The first-order valence-electron chi connectivity index (χ1n) is 19.7. The Hall–Kier alpha value is -1.59. The Morgan fingerprint density at radius 2 is 1.20 bits per heavy atom. The van der Waals surface area contributed by atoms with E-state index >= 15 is 0 Å². The van der Waals surface area contributed by atoms with Crippen molar-refractivity contribution in [2.75, 3.05) is 13.2 Å². The molecule has 1 aliphatic heterocycles. The van der Waals surface area contributed by atoms with E-state index in [1.807, 2.05) is 6.08 Å². The molecule has 9 nitrogen and oxygen atoms in total. The fourth-order valence-corrected chi connectivity index (χ4v) is 5.95. The number of allylic oxidation sites excluding steroid dienone is 5. The summed E-state index contributed by atoms with van der Waals surface area (Å²) < 4.78 is 11.1. The van der Waals surface area contributed by atoms with E-state index in [-0.39, 0.29) is 12.5 Å². The van der Waals surface area contributed by atoms with Gasteiger partial charge >= 0.3 is 0 Å².